The van der Waals surface area contributed by atoms with Crippen LogP contribution in [0.2, 0.25) is 0 Å². The smallest absolute Gasteiger partial charge is 0.326 e. The topological polar surface area (TPSA) is 147 Å². The van der Waals surface area contributed by atoms with Crippen LogP contribution in [0.3, 0.4) is 0 Å². The summed E-state index contributed by atoms with van der Waals surface area (Å²) in [6.07, 6.45) is -0.487. The van der Waals surface area contributed by atoms with Gasteiger partial charge in [-0.15, -0.1) is 10.2 Å². The van der Waals surface area contributed by atoms with Gasteiger partial charge in [-0.2, -0.15) is 0 Å². The van der Waals surface area contributed by atoms with E-state index < -0.39 is 30.4 Å². The Bertz CT molecular complexity index is 420. The van der Waals surface area contributed by atoms with Crippen molar-refractivity contribution >= 4 is 34.4 Å². The maximum atomic E-state index is 11.3. The van der Waals surface area contributed by atoms with Crippen molar-refractivity contribution in [1.82, 2.24) is 15.5 Å². The van der Waals surface area contributed by atoms with Crippen molar-refractivity contribution in [2.75, 3.05) is 5.32 Å². The van der Waals surface area contributed by atoms with E-state index in [0.29, 0.717) is 0 Å². The van der Waals surface area contributed by atoms with Gasteiger partial charge in [-0.05, 0) is 0 Å². The van der Waals surface area contributed by atoms with Gasteiger partial charge in [0.15, 0.2) is 0 Å². The molecule has 0 unspecified atom stereocenters. The van der Waals surface area contributed by atoms with E-state index in [1.807, 2.05) is 0 Å². The maximum absolute atomic E-state index is 11.3. The second kappa shape index (κ2) is 5.75. The van der Waals surface area contributed by atoms with Crippen LogP contribution in [0.15, 0.2) is 5.51 Å². The molecule has 1 rings (SSSR count). The van der Waals surface area contributed by atoms with Crippen LogP contribution in [0, 0.1) is 0 Å². The monoisotopic (exact) mass is 259 g/mol. The zero-order valence-corrected chi connectivity index (χ0v) is 9.23. The summed E-state index contributed by atoms with van der Waals surface area (Å²) in [5.74, 6) is -2.18. The maximum Gasteiger partial charge on any atom is 0.326 e. The fraction of sp³-hybridized carbons (Fsp3) is 0.286. The minimum Gasteiger partial charge on any atom is -0.480 e. The van der Waals surface area contributed by atoms with Crippen LogP contribution in [0.25, 0.3) is 0 Å². The number of carboxylic acid groups (broad SMARTS) is 1. The Labute approximate surface area is 99.0 Å². The fourth-order valence-corrected chi connectivity index (χ4v) is 1.36. The van der Waals surface area contributed by atoms with Crippen molar-refractivity contribution < 1.29 is 19.5 Å². The summed E-state index contributed by atoms with van der Waals surface area (Å²) in [6, 6.07) is -2.17. The number of primary amides is 1. The summed E-state index contributed by atoms with van der Waals surface area (Å²) in [5.41, 5.74) is 6.25. The Morgan fingerprint density at radius 1 is 1.53 bits per heavy atom. The molecule has 92 valence electrons. The van der Waals surface area contributed by atoms with E-state index in [-0.39, 0.29) is 5.13 Å². The lowest BCUT2D eigenvalue weighted by atomic mass is 10.2. The molecule has 17 heavy (non-hydrogen) atoms. The number of carboxylic acids is 1. The summed E-state index contributed by atoms with van der Waals surface area (Å²) >= 11 is 1.07. The third-order valence-corrected chi connectivity index (χ3v) is 2.20. The highest BCUT2D eigenvalue weighted by Crippen LogP contribution is 2.07. The number of aliphatic carboxylic acids is 1. The number of amides is 3. The lowest BCUT2D eigenvalue weighted by molar-refractivity contribution is -0.140. The first-order valence-corrected chi connectivity index (χ1v) is 5.22. The molecule has 9 nitrogen and oxygen atoms in total. The number of aromatic nitrogens is 2. The van der Waals surface area contributed by atoms with E-state index in [4.69, 9.17) is 10.8 Å². The minimum atomic E-state index is -1.37. The highest BCUT2D eigenvalue weighted by molar-refractivity contribution is 7.13. The Morgan fingerprint density at radius 3 is 2.71 bits per heavy atom. The molecule has 3 amide bonds. The first kappa shape index (κ1) is 12.8. The molecule has 1 heterocycles. The average molecular weight is 259 g/mol. The standard InChI is InChI=1S/C7H9N5O4S/c8-4(13)1-3(5(14)15)10-6(16)11-7-12-9-2-17-7/h2-3H,1H2,(H2,8,13)(H,14,15)(H2,10,11,12,16)/t3-/m0/s1. The number of nitrogens with one attached hydrogen (secondary N) is 2. The summed E-state index contributed by atoms with van der Waals surface area (Å²) in [5, 5.41) is 20.3. The van der Waals surface area contributed by atoms with Gasteiger partial charge in [0, 0.05) is 0 Å². The molecule has 0 bridgehead atoms. The SMILES string of the molecule is NC(=O)C[C@H](NC(=O)Nc1nncs1)C(=O)O. The molecule has 1 atom stereocenters. The molecular formula is C7H9N5O4S. The van der Waals surface area contributed by atoms with E-state index in [1.165, 1.54) is 5.51 Å². The van der Waals surface area contributed by atoms with Crippen LogP contribution in [0.5, 0.6) is 0 Å². The molecule has 0 saturated carbocycles. The molecule has 10 heteroatoms. The Hall–Kier alpha value is -2.23. The van der Waals surface area contributed by atoms with Gasteiger partial charge in [0.25, 0.3) is 0 Å². The first-order chi connectivity index (χ1) is 7.99. The van der Waals surface area contributed by atoms with Crippen LogP contribution >= 0.6 is 11.3 Å². The lowest BCUT2D eigenvalue weighted by Crippen LogP contribution is -2.45. The second-order valence-corrected chi connectivity index (χ2v) is 3.74. The highest BCUT2D eigenvalue weighted by Gasteiger charge is 2.22. The number of urea groups is 1. The van der Waals surface area contributed by atoms with Crippen molar-refractivity contribution in [3.63, 3.8) is 0 Å². The Morgan fingerprint density at radius 2 is 2.24 bits per heavy atom. The molecule has 0 aromatic carbocycles. The van der Waals surface area contributed by atoms with Crippen molar-refractivity contribution in [2.45, 2.75) is 12.5 Å². The van der Waals surface area contributed by atoms with Crippen LogP contribution in [-0.4, -0.2) is 39.3 Å². The van der Waals surface area contributed by atoms with Crippen LogP contribution in [-0.2, 0) is 9.59 Å². The normalized spacial score (nSPS) is 11.5. The molecule has 0 aliphatic carbocycles. The Kier molecular flexibility index (Phi) is 4.34. The van der Waals surface area contributed by atoms with E-state index in [2.05, 4.69) is 20.8 Å². The van der Waals surface area contributed by atoms with Gasteiger partial charge in [0.1, 0.15) is 11.6 Å². The average Bonchev–Trinajstić information content (AvgIpc) is 2.68. The van der Waals surface area contributed by atoms with Crippen molar-refractivity contribution in [1.29, 1.82) is 0 Å². The van der Waals surface area contributed by atoms with E-state index in [1.54, 1.807) is 0 Å². The van der Waals surface area contributed by atoms with Gasteiger partial charge in [0.2, 0.25) is 11.0 Å². The number of rotatable bonds is 5. The molecule has 1 aromatic heterocycles. The van der Waals surface area contributed by atoms with E-state index in [0.717, 1.165) is 11.3 Å². The largest absolute Gasteiger partial charge is 0.480 e. The summed E-state index contributed by atoms with van der Waals surface area (Å²) in [7, 11) is 0. The Balaban J connectivity index is 2.52. The predicted molar refractivity (Wildman–Crippen MR) is 57.3 cm³/mol. The number of carbonyl (C=O) groups excluding carboxylic acids is 2. The second-order valence-electron chi connectivity index (χ2n) is 2.90. The van der Waals surface area contributed by atoms with Gasteiger partial charge < -0.3 is 16.2 Å². The number of nitrogens with zero attached hydrogens (tertiary/aromatic N) is 2. The van der Waals surface area contributed by atoms with Crippen LogP contribution in [0.1, 0.15) is 6.42 Å². The third-order valence-electron chi connectivity index (χ3n) is 1.59. The third kappa shape index (κ3) is 4.42. The van der Waals surface area contributed by atoms with Crippen molar-refractivity contribution in [3.05, 3.63) is 5.51 Å². The van der Waals surface area contributed by atoms with Gasteiger partial charge in [-0.1, -0.05) is 11.3 Å². The van der Waals surface area contributed by atoms with Crippen molar-refractivity contribution in [3.8, 4) is 0 Å². The number of carbonyl (C=O) groups is 3. The summed E-state index contributed by atoms with van der Waals surface area (Å²) < 4.78 is 0. The molecule has 0 aliphatic rings. The molecular weight excluding hydrogens is 250 g/mol. The van der Waals surface area contributed by atoms with Gasteiger partial charge in [-0.3, -0.25) is 10.1 Å². The summed E-state index contributed by atoms with van der Waals surface area (Å²) in [4.78, 5) is 32.6. The molecule has 0 spiro atoms. The highest BCUT2D eigenvalue weighted by atomic mass is 32.1. The zero-order chi connectivity index (χ0) is 12.8. The molecule has 1 aromatic rings. The van der Waals surface area contributed by atoms with E-state index >= 15 is 0 Å². The van der Waals surface area contributed by atoms with Gasteiger partial charge in [0.05, 0.1) is 6.42 Å². The number of nitrogens with two attached hydrogens (primary N) is 1. The van der Waals surface area contributed by atoms with Gasteiger partial charge in [-0.25, -0.2) is 9.59 Å². The fourth-order valence-electron chi connectivity index (χ4n) is 0.920. The van der Waals surface area contributed by atoms with Crippen LogP contribution < -0.4 is 16.4 Å². The lowest BCUT2D eigenvalue weighted by Gasteiger charge is -2.12. The molecule has 0 saturated heterocycles. The number of hydrogen-bond donors (Lipinski definition) is 4. The summed E-state index contributed by atoms with van der Waals surface area (Å²) in [6.45, 7) is 0. The number of anilines is 1. The molecule has 0 aliphatic heterocycles. The quantitative estimate of drug-likeness (QED) is 0.532. The molecule has 0 fully saturated rings. The molecule has 0 radical (unpaired) electrons. The van der Waals surface area contributed by atoms with E-state index in [9.17, 15) is 14.4 Å². The van der Waals surface area contributed by atoms with Gasteiger partial charge >= 0.3 is 12.0 Å². The molecule has 5 N–H and O–H groups in total. The predicted octanol–water partition coefficient (Wildman–Crippen LogP) is -1.01. The first-order valence-electron chi connectivity index (χ1n) is 4.34. The number of hydrogen-bond acceptors (Lipinski definition) is 6. The zero-order valence-electron chi connectivity index (χ0n) is 8.41. The van der Waals surface area contributed by atoms with Crippen molar-refractivity contribution in [2.24, 2.45) is 5.73 Å². The minimum absolute atomic E-state index is 0.214. The van der Waals surface area contributed by atoms with Crippen LogP contribution in [0.4, 0.5) is 9.93 Å².